The van der Waals surface area contributed by atoms with Gasteiger partial charge in [0.25, 0.3) is 0 Å². The van der Waals surface area contributed by atoms with Crippen LogP contribution in [-0.2, 0) is 9.78 Å². The molecule has 0 amide bonds. The lowest BCUT2D eigenvalue weighted by molar-refractivity contribution is -0.245. The van der Waals surface area contributed by atoms with Gasteiger partial charge in [0.15, 0.2) is 0 Å². The molecule has 1 aliphatic rings. The van der Waals surface area contributed by atoms with Crippen molar-refractivity contribution < 1.29 is 19.3 Å². The molecular formula is C17H23O4. The zero-order valence-corrected chi connectivity index (χ0v) is 13.1. The van der Waals surface area contributed by atoms with Crippen LogP contribution in [0.25, 0.3) is 0 Å². The molecule has 1 aliphatic carbocycles. The van der Waals surface area contributed by atoms with Crippen LogP contribution in [0.5, 0.6) is 5.75 Å². The van der Waals surface area contributed by atoms with Gasteiger partial charge in [0.2, 0.25) is 0 Å². The van der Waals surface area contributed by atoms with Gasteiger partial charge < -0.3 is 4.74 Å². The van der Waals surface area contributed by atoms with E-state index >= 15 is 0 Å². The van der Waals surface area contributed by atoms with Gasteiger partial charge in [-0.2, -0.15) is 4.89 Å². The summed E-state index contributed by atoms with van der Waals surface area (Å²) in [6.07, 6.45) is 3.64. The smallest absolute Gasteiger partial charge is 0.376 e. The van der Waals surface area contributed by atoms with Crippen molar-refractivity contribution in [2.24, 2.45) is 11.3 Å². The van der Waals surface area contributed by atoms with Crippen molar-refractivity contribution in [2.45, 2.75) is 40.0 Å². The van der Waals surface area contributed by atoms with Crippen LogP contribution >= 0.6 is 0 Å². The van der Waals surface area contributed by atoms with Crippen molar-refractivity contribution in [3.05, 3.63) is 35.9 Å². The Balaban J connectivity index is 1.95. The molecule has 1 aromatic carbocycles. The van der Waals surface area contributed by atoms with E-state index in [1.807, 2.05) is 0 Å². The minimum absolute atomic E-state index is 0.184. The number of methoxy groups -OCH3 is 1. The molecule has 0 heterocycles. The summed E-state index contributed by atoms with van der Waals surface area (Å²) in [6.45, 7) is 6.59. The van der Waals surface area contributed by atoms with Gasteiger partial charge in [-0.3, -0.25) is 4.89 Å². The molecule has 0 aromatic heterocycles. The number of benzene rings is 1. The van der Waals surface area contributed by atoms with Gasteiger partial charge in [-0.25, -0.2) is 4.79 Å². The van der Waals surface area contributed by atoms with E-state index in [4.69, 9.17) is 14.5 Å². The van der Waals surface area contributed by atoms with Crippen molar-refractivity contribution in [3.63, 3.8) is 0 Å². The molecule has 0 aliphatic heterocycles. The Morgan fingerprint density at radius 3 is 2.67 bits per heavy atom. The zero-order valence-electron chi connectivity index (χ0n) is 13.1. The molecule has 0 saturated heterocycles. The Bertz CT molecular complexity index is 495. The number of para-hydroxylation sites is 1. The quantitative estimate of drug-likeness (QED) is 0.617. The summed E-state index contributed by atoms with van der Waals surface area (Å²) in [4.78, 5) is 22.4. The predicted octanol–water partition coefficient (Wildman–Crippen LogP) is 4.16. The first-order chi connectivity index (χ1) is 9.91. The lowest BCUT2D eigenvalue weighted by atomic mass is 9.71. The Hall–Kier alpha value is -1.55. The normalized spacial score (nSPS) is 21.8. The summed E-state index contributed by atoms with van der Waals surface area (Å²) in [5, 5.41) is 0. The Morgan fingerprint density at radius 2 is 2.00 bits per heavy atom. The van der Waals surface area contributed by atoms with Crippen LogP contribution in [0.15, 0.2) is 24.3 Å². The fraction of sp³-hybridized carbons (Fsp3) is 0.529. The topological polar surface area (TPSA) is 44.8 Å². The first-order valence-corrected chi connectivity index (χ1v) is 7.28. The summed E-state index contributed by atoms with van der Waals surface area (Å²) in [5.74, 6) is 0.484. The molecule has 0 bridgehead atoms. The van der Waals surface area contributed by atoms with Crippen LogP contribution in [0.3, 0.4) is 0 Å². The van der Waals surface area contributed by atoms with Gasteiger partial charge in [0.1, 0.15) is 17.4 Å². The van der Waals surface area contributed by atoms with Gasteiger partial charge in [-0.05, 0) is 42.7 Å². The molecule has 1 saturated carbocycles. The van der Waals surface area contributed by atoms with Crippen LogP contribution in [0.4, 0.5) is 0 Å². The van der Waals surface area contributed by atoms with E-state index < -0.39 is 5.97 Å². The summed E-state index contributed by atoms with van der Waals surface area (Å²) in [5.41, 5.74) is 0.549. The van der Waals surface area contributed by atoms with Gasteiger partial charge in [0, 0.05) is 0 Å². The average Bonchev–Trinajstić information content (AvgIpc) is 2.42. The molecule has 1 atom stereocenters. The van der Waals surface area contributed by atoms with Crippen LogP contribution in [0, 0.1) is 17.4 Å². The summed E-state index contributed by atoms with van der Waals surface area (Å²) in [7, 11) is 1.52. The second-order valence-corrected chi connectivity index (χ2v) is 6.55. The van der Waals surface area contributed by atoms with Gasteiger partial charge >= 0.3 is 5.97 Å². The van der Waals surface area contributed by atoms with Crippen LogP contribution in [-0.4, -0.2) is 13.1 Å². The third-order valence-corrected chi connectivity index (χ3v) is 3.71. The van der Waals surface area contributed by atoms with Gasteiger partial charge in [0.05, 0.1) is 7.11 Å². The summed E-state index contributed by atoms with van der Waals surface area (Å²) < 4.78 is 5.15. The Kier molecular flexibility index (Phi) is 4.88. The third-order valence-electron chi connectivity index (χ3n) is 3.71. The first kappa shape index (κ1) is 15.8. The molecular weight excluding hydrogens is 268 g/mol. The second kappa shape index (κ2) is 6.48. The highest BCUT2D eigenvalue weighted by Crippen LogP contribution is 2.43. The lowest BCUT2D eigenvalue weighted by Crippen LogP contribution is -2.28. The number of hydrogen-bond acceptors (Lipinski definition) is 4. The fourth-order valence-electron chi connectivity index (χ4n) is 3.10. The van der Waals surface area contributed by atoms with Crippen molar-refractivity contribution in [1.29, 1.82) is 0 Å². The SMILES string of the molecule is COc1ccccc1C(=O)OO[C]1CC(C)CC(C)(C)C1. The number of carbonyl (C=O) groups excluding carboxylic acids is 1. The van der Waals surface area contributed by atoms with E-state index in [9.17, 15) is 4.79 Å². The first-order valence-electron chi connectivity index (χ1n) is 7.28. The Morgan fingerprint density at radius 1 is 1.29 bits per heavy atom. The molecule has 1 radical (unpaired) electrons. The van der Waals surface area contributed by atoms with Crippen LogP contribution in [0.1, 0.15) is 50.4 Å². The van der Waals surface area contributed by atoms with E-state index in [1.165, 1.54) is 7.11 Å². The lowest BCUT2D eigenvalue weighted by Gasteiger charge is -2.36. The molecule has 0 spiro atoms. The van der Waals surface area contributed by atoms with E-state index in [0.717, 1.165) is 25.4 Å². The summed E-state index contributed by atoms with van der Waals surface area (Å²) in [6, 6.07) is 6.94. The standard InChI is InChI=1S/C17H23O4/c1-12-9-13(11-17(2,3)10-12)20-21-16(18)14-7-5-6-8-15(14)19-4/h5-8,12H,9-11H2,1-4H3. The molecule has 1 unspecified atom stereocenters. The number of ether oxygens (including phenoxy) is 1. The van der Waals surface area contributed by atoms with Crippen molar-refractivity contribution in [3.8, 4) is 5.75 Å². The second-order valence-electron chi connectivity index (χ2n) is 6.55. The third kappa shape index (κ3) is 4.21. The molecule has 4 nitrogen and oxygen atoms in total. The maximum Gasteiger partial charge on any atom is 0.376 e. The van der Waals surface area contributed by atoms with E-state index in [0.29, 0.717) is 17.2 Å². The van der Waals surface area contributed by atoms with Gasteiger partial charge in [-0.1, -0.05) is 32.9 Å². The van der Waals surface area contributed by atoms with Crippen molar-refractivity contribution in [2.75, 3.05) is 7.11 Å². The maximum absolute atomic E-state index is 12.1. The van der Waals surface area contributed by atoms with Gasteiger partial charge in [-0.15, -0.1) is 0 Å². The molecule has 1 aromatic rings. The predicted molar refractivity (Wildman–Crippen MR) is 79.5 cm³/mol. The fourth-order valence-corrected chi connectivity index (χ4v) is 3.10. The molecule has 0 N–H and O–H groups in total. The Labute approximate surface area is 126 Å². The number of carbonyl (C=O) groups is 1. The van der Waals surface area contributed by atoms with Crippen LogP contribution < -0.4 is 4.74 Å². The van der Waals surface area contributed by atoms with Crippen LogP contribution in [0.2, 0.25) is 0 Å². The van der Waals surface area contributed by atoms with E-state index in [1.54, 1.807) is 24.3 Å². The number of hydrogen-bond donors (Lipinski definition) is 0. The average molecular weight is 291 g/mol. The monoisotopic (exact) mass is 291 g/mol. The van der Waals surface area contributed by atoms with E-state index in [-0.39, 0.29) is 5.41 Å². The maximum atomic E-state index is 12.1. The highest BCUT2D eigenvalue weighted by molar-refractivity contribution is 5.92. The number of rotatable bonds is 4. The molecule has 4 heteroatoms. The zero-order chi connectivity index (χ0) is 15.5. The molecule has 115 valence electrons. The van der Waals surface area contributed by atoms with Crippen molar-refractivity contribution in [1.82, 2.24) is 0 Å². The molecule has 2 rings (SSSR count). The highest BCUT2D eigenvalue weighted by atomic mass is 17.2. The van der Waals surface area contributed by atoms with E-state index in [2.05, 4.69) is 20.8 Å². The molecule has 21 heavy (non-hydrogen) atoms. The minimum Gasteiger partial charge on any atom is -0.496 e. The largest absolute Gasteiger partial charge is 0.496 e. The molecule has 1 fully saturated rings. The van der Waals surface area contributed by atoms with Crippen molar-refractivity contribution >= 4 is 5.97 Å². The summed E-state index contributed by atoms with van der Waals surface area (Å²) >= 11 is 0. The minimum atomic E-state index is -0.531. The highest BCUT2D eigenvalue weighted by Gasteiger charge is 2.34.